The second-order valence-corrected chi connectivity index (χ2v) is 8.08. The predicted octanol–water partition coefficient (Wildman–Crippen LogP) is 3.06. The molecule has 164 valence electrons. The van der Waals surface area contributed by atoms with Gasteiger partial charge in [0.1, 0.15) is 5.69 Å². The van der Waals surface area contributed by atoms with Gasteiger partial charge in [-0.05, 0) is 39.2 Å². The van der Waals surface area contributed by atoms with E-state index < -0.39 is 5.97 Å². The van der Waals surface area contributed by atoms with Crippen LogP contribution in [0.3, 0.4) is 0 Å². The molecule has 1 saturated heterocycles. The molecule has 1 amide bonds. The molecule has 1 unspecified atom stereocenters. The van der Waals surface area contributed by atoms with Gasteiger partial charge in [-0.25, -0.2) is 4.79 Å². The Hall–Kier alpha value is -1.86. The van der Waals surface area contributed by atoms with E-state index in [0.29, 0.717) is 35.0 Å². The summed E-state index contributed by atoms with van der Waals surface area (Å²) in [6, 6.07) is 0.277. The number of nitrogens with one attached hydrogen (secondary N) is 2. The van der Waals surface area contributed by atoms with Crippen molar-refractivity contribution in [1.82, 2.24) is 15.2 Å². The Morgan fingerprint density at radius 3 is 2.34 bits per heavy atom. The van der Waals surface area contributed by atoms with Gasteiger partial charge >= 0.3 is 5.97 Å². The summed E-state index contributed by atoms with van der Waals surface area (Å²) in [5.41, 5.74) is 2.18. The number of ether oxygens (including phenoxy) is 2. The predicted molar refractivity (Wildman–Crippen MR) is 113 cm³/mol. The Labute approximate surface area is 174 Å². The van der Waals surface area contributed by atoms with Crippen molar-refractivity contribution in [1.29, 1.82) is 0 Å². The van der Waals surface area contributed by atoms with E-state index >= 15 is 0 Å². The minimum absolute atomic E-state index is 0.182. The molecule has 1 aromatic heterocycles. The summed E-state index contributed by atoms with van der Waals surface area (Å²) in [7, 11) is 0. The molecule has 0 aromatic carbocycles. The van der Waals surface area contributed by atoms with Crippen LogP contribution < -0.4 is 5.32 Å². The maximum atomic E-state index is 12.9. The molecular formula is C22H37N3O4. The second kappa shape index (κ2) is 10.8. The van der Waals surface area contributed by atoms with Gasteiger partial charge in [-0.1, -0.05) is 26.7 Å². The van der Waals surface area contributed by atoms with Crippen LogP contribution in [-0.2, 0) is 9.47 Å². The number of aromatic amines is 1. The third-order valence-corrected chi connectivity index (χ3v) is 5.79. The van der Waals surface area contributed by atoms with Crippen molar-refractivity contribution in [3.63, 3.8) is 0 Å². The summed E-state index contributed by atoms with van der Waals surface area (Å²) >= 11 is 0. The maximum absolute atomic E-state index is 12.9. The van der Waals surface area contributed by atoms with Gasteiger partial charge in [0.2, 0.25) is 0 Å². The molecule has 0 spiro atoms. The van der Waals surface area contributed by atoms with Gasteiger partial charge in [-0.2, -0.15) is 0 Å². The molecule has 1 fully saturated rings. The summed E-state index contributed by atoms with van der Waals surface area (Å²) in [4.78, 5) is 30.8. The Morgan fingerprint density at radius 1 is 1.17 bits per heavy atom. The summed E-state index contributed by atoms with van der Waals surface area (Å²) < 4.78 is 10.8. The van der Waals surface area contributed by atoms with Crippen molar-refractivity contribution >= 4 is 11.9 Å². The molecule has 7 heteroatoms. The average molecular weight is 408 g/mol. The van der Waals surface area contributed by atoms with Gasteiger partial charge in [0, 0.05) is 31.4 Å². The monoisotopic (exact) mass is 407 g/mol. The van der Waals surface area contributed by atoms with Gasteiger partial charge in [0.05, 0.1) is 24.9 Å². The van der Waals surface area contributed by atoms with E-state index in [2.05, 4.69) is 29.0 Å². The molecule has 7 nitrogen and oxygen atoms in total. The number of aromatic nitrogens is 1. The highest BCUT2D eigenvalue weighted by Crippen LogP contribution is 2.22. The SMILES string of the molecule is CCC(CC)C(CNC(=O)c1[nH]c(C)c(C(=O)OC(C)C)c1C)N1CCOCC1. The first-order valence-corrected chi connectivity index (χ1v) is 10.8. The van der Waals surface area contributed by atoms with Crippen LogP contribution in [0.1, 0.15) is 72.6 Å². The second-order valence-electron chi connectivity index (χ2n) is 8.08. The Bertz CT molecular complexity index is 688. The molecule has 1 atom stereocenters. The van der Waals surface area contributed by atoms with Gasteiger partial charge in [0.15, 0.2) is 0 Å². The molecule has 0 radical (unpaired) electrons. The molecular weight excluding hydrogens is 370 g/mol. The van der Waals surface area contributed by atoms with E-state index in [1.54, 1.807) is 13.8 Å². The molecule has 0 bridgehead atoms. The van der Waals surface area contributed by atoms with Gasteiger partial charge < -0.3 is 19.8 Å². The third-order valence-electron chi connectivity index (χ3n) is 5.79. The molecule has 1 aliphatic rings. The topological polar surface area (TPSA) is 83.7 Å². The number of nitrogens with zero attached hydrogens (tertiary/aromatic N) is 1. The lowest BCUT2D eigenvalue weighted by Crippen LogP contribution is -2.52. The summed E-state index contributed by atoms with van der Waals surface area (Å²) in [6.07, 6.45) is 1.93. The molecule has 1 aromatic rings. The fourth-order valence-electron chi connectivity index (χ4n) is 4.18. The fourth-order valence-corrected chi connectivity index (χ4v) is 4.18. The Kier molecular flexibility index (Phi) is 8.71. The minimum Gasteiger partial charge on any atom is -0.459 e. The van der Waals surface area contributed by atoms with Gasteiger partial charge in [-0.3, -0.25) is 9.69 Å². The molecule has 2 rings (SSSR count). The van der Waals surface area contributed by atoms with Crippen LogP contribution in [0.15, 0.2) is 0 Å². The van der Waals surface area contributed by atoms with Crippen molar-refractivity contribution in [2.45, 2.75) is 66.5 Å². The van der Waals surface area contributed by atoms with Crippen molar-refractivity contribution in [3.05, 3.63) is 22.5 Å². The van der Waals surface area contributed by atoms with Gasteiger partial charge in [0.25, 0.3) is 5.91 Å². The van der Waals surface area contributed by atoms with E-state index in [9.17, 15) is 9.59 Å². The molecule has 29 heavy (non-hydrogen) atoms. The summed E-state index contributed by atoms with van der Waals surface area (Å²) in [6.45, 7) is 15.4. The lowest BCUT2D eigenvalue weighted by Gasteiger charge is -2.38. The zero-order valence-electron chi connectivity index (χ0n) is 18.8. The molecule has 0 saturated carbocycles. The van der Waals surface area contributed by atoms with Crippen molar-refractivity contribution in [2.75, 3.05) is 32.8 Å². The number of H-pyrrole nitrogens is 1. The molecule has 2 N–H and O–H groups in total. The average Bonchev–Trinajstić information content (AvgIpc) is 2.99. The number of amides is 1. The zero-order valence-corrected chi connectivity index (χ0v) is 18.8. The number of hydrogen-bond acceptors (Lipinski definition) is 5. The molecule has 2 heterocycles. The van der Waals surface area contributed by atoms with E-state index in [1.807, 2.05) is 13.8 Å². The van der Waals surface area contributed by atoms with Crippen molar-refractivity contribution in [3.8, 4) is 0 Å². The number of rotatable bonds is 9. The first-order chi connectivity index (χ1) is 13.8. The Morgan fingerprint density at radius 2 is 1.79 bits per heavy atom. The van der Waals surface area contributed by atoms with Crippen molar-refractivity contribution < 1.29 is 19.1 Å². The van der Waals surface area contributed by atoms with Crippen molar-refractivity contribution in [2.24, 2.45) is 5.92 Å². The van der Waals surface area contributed by atoms with E-state index in [-0.39, 0.29) is 18.1 Å². The van der Waals surface area contributed by atoms with Crippen LogP contribution in [0, 0.1) is 19.8 Å². The number of esters is 1. The lowest BCUT2D eigenvalue weighted by molar-refractivity contribution is 0.00190. The maximum Gasteiger partial charge on any atom is 0.340 e. The van der Waals surface area contributed by atoms with E-state index in [4.69, 9.17) is 9.47 Å². The first kappa shape index (κ1) is 23.4. The molecule has 0 aliphatic carbocycles. The van der Waals surface area contributed by atoms with Crippen LogP contribution in [0.2, 0.25) is 0 Å². The summed E-state index contributed by atoms with van der Waals surface area (Å²) in [5, 5.41) is 3.10. The van der Waals surface area contributed by atoms with Crippen LogP contribution in [0.5, 0.6) is 0 Å². The van der Waals surface area contributed by atoms with Crippen LogP contribution in [-0.4, -0.2) is 66.8 Å². The highest BCUT2D eigenvalue weighted by molar-refractivity contribution is 6.00. The van der Waals surface area contributed by atoms with E-state index in [0.717, 1.165) is 39.1 Å². The highest BCUT2D eigenvalue weighted by Gasteiger charge is 2.29. The number of carbonyl (C=O) groups excluding carboxylic acids is 2. The number of hydrogen-bond donors (Lipinski definition) is 2. The molecule has 1 aliphatic heterocycles. The number of carbonyl (C=O) groups is 2. The highest BCUT2D eigenvalue weighted by atomic mass is 16.5. The number of aryl methyl sites for hydroxylation is 1. The Balaban J connectivity index is 2.12. The smallest absolute Gasteiger partial charge is 0.340 e. The fraction of sp³-hybridized carbons (Fsp3) is 0.727. The quantitative estimate of drug-likeness (QED) is 0.615. The van der Waals surface area contributed by atoms with Gasteiger partial charge in [-0.15, -0.1) is 0 Å². The zero-order chi connectivity index (χ0) is 21.6. The standard InChI is InChI=1S/C22H37N3O4/c1-7-17(8-2)18(25-9-11-28-12-10-25)13-23-21(26)20-15(5)19(16(6)24-20)22(27)29-14(3)4/h14,17-18,24H,7-13H2,1-6H3,(H,23,26). The minimum atomic E-state index is -0.395. The van der Waals surface area contributed by atoms with Crippen LogP contribution >= 0.6 is 0 Å². The number of morpholine rings is 1. The summed E-state index contributed by atoms with van der Waals surface area (Å²) in [5.74, 6) is -0.0663. The first-order valence-electron chi connectivity index (χ1n) is 10.8. The lowest BCUT2D eigenvalue weighted by atomic mass is 9.92. The van der Waals surface area contributed by atoms with E-state index in [1.165, 1.54) is 0 Å². The van der Waals surface area contributed by atoms with Crippen LogP contribution in [0.25, 0.3) is 0 Å². The third kappa shape index (κ3) is 5.82. The largest absolute Gasteiger partial charge is 0.459 e. The normalized spacial score (nSPS) is 16.3. The van der Waals surface area contributed by atoms with Crippen LogP contribution in [0.4, 0.5) is 0 Å².